The standard InChI is InChI=1S/C28H63O9Si7/c1-22(2)15-38-29-41(18-25(7)8)31-39(16-23(3)4)33-43(20-27(11)12)34-40(17-24(5)6)32-42(30-38,19-26(9)10)36-44(35-41,37-43)21-28(13)14/h22-28H,15-21H2,1-14H3. The predicted molar refractivity (Wildman–Crippen MR) is 188 cm³/mol. The van der Waals surface area contributed by atoms with Gasteiger partial charge in [-0.05, 0) is 59.6 Å². The maximum absolute atomic E-state index is 7.52. The van der Waals surface area contributed by atoms with Crippen LogP contribution in [0, 0.1) is 41.4 Å². The normalized spacial score (nSPS) is 33.2. The molecule has 0 spiro atoms. The first-order valence-corrected chi connectivity index (χ1v) is 29.4. The molecule has 3 aliphatic rings. The molecular formula is C28H63O9Si7. The highest BCUT2D eigenvalue weighted by Gasteiger charge is 2.71. The van der Waals surface area contributed by atoms with Crippen LogP contribution in [0.15, 0.2) is 0 Å². The highest BCUT2D eigenvalue weighted by molar-refractivity contribution is 6.95. The third-order valence-corrected chi connectivity index (χ3v) is 36.0. The molecule has 16 heteroatoms. The number of rotatable bonds is 14. The van der Waals surface area contributed by atoms with Crippen molar-refractivity contribution >= 4 is 63.1 Å². The number of hydrogen-bond donors (Lipinski definition) is 0. The van der Waals surface area contributed by atoms with E-state index in [1.54, 1.807) is 0 Å². The maximum atomic E-state index is 7.52. The average molecular weight is 740 g/mol. The lowest BCUT2D eigenvalue weighted by atomic mass is 10.3. The molecule has 0 atom stereocenters. The Bertz CT molecular complexity index is 773. The SMILES string of the molecule is CC(C)C[Si]1O[Si]2(CC(C)C)O[Si](CC(C)C)O[Si]3(CC(C)C)O[Si](CC(C)C)O[Si](CC(C)C)(O1)O[Si](CC(C)C)(O2)O3. The van der Waals surface area contributed by atoms with E-state index >= 15 is 0 Å². The lowest BCUT2D eigenvalue weighted by molar-refractivity contribution is 0.0510. The van der Waals surface area contributed by atoms with E-state index in [0.717, 1.165) is 18.1 Å². The molecule has 44 heavy (non-hydrogen) atoms. The molecule has 3 radical (unpaired) electrons. The van der Waals surface area contributed by atoms with E-state index in [1.165, 1.54) is 0 Å². The molecule has 3 aliphatic heterocycles. The molecule has 0 saturated carbocycles. The molecule has 0 N–H and O–H groups in total. The molecule has 9 nitrogen and oxygen atoms in total. The molecule has 3 fully saturated rings. The molecule has 257 valence electrons. The van der Waals surface area contributed by atoms with Crippen LogP contribution in [0.25, 0.3) is 0 Å². The Balaban J connectivity index is 2.36. The Kier molecular flexibility index (Phi) is 14.6. The van der Waals surface area contributed by atoms with E-state index in [0.29, 0.717) is 41.9 Å². The molecule has 0 aromatic rings. The smallest absolute Gasteiger partial charge is 0.393 e. The summed E-state index contributed by atoms with van der Waals surface area (Å²) in [6.07, 6.45) is 0. The molecule has 3 saturated heterocycles. The summed E-state index contributed by atoms with van der Waals surface area (Å²) in [6.45, 7) is 31.0. The van der Waals surface area contributed by atoms with Crippen molar-refractivity contribution in [3.63, 3.8) is 0 Å². The van der Waals surface area contributed by atoms with Gasteiger partial charge in [0.2, 0.25) is 0 Å². The fourth-order valence-electron chi connectivity index (χ4n) is 5.81. The minimum Gasteiger partial charge on any atom is -0.393 e. The second-order valence-corrected chi connectivity index (χ2v) is 33.9. The zero-order valence-electron chi connectivity index (χ0n) is 30.2. The Morgan fingerprint density at radius 1 is 0.318 bits per heavy atom. The van der Waals surface area contributed by atoms with E-state index in [-0.39, 0.29) is 23.7 Å². The zero-order chi connectivity index (χ0) is 33.1. The van der Waals surface area contributed by atoms with Crippen LogP contribution in [0.3, 0.4) is 0 Å². The maximum Gasteiger partial charge on any atom is 0.479 e. The van der Waals surface area contributed by atoms with Crippen molar-refractivity contribution in [1.29, 1.82) is 0 Å². The Labute approximate surface area is 279 Å². The van der Waals surface area contributed by atoms with Gasteiger partial charge in [0.05, 0.1) is 0 Å². The summed E-state index contributed by atoms with van der Waals surface area (Å²) in [4.78, 5) is 0. The minimum atomic E-state index is -3.60. The Morgan fingerprint density at radius 2 is 0.523 bits per heavy atom. The lowest BCUT2D eigenvalue weighted by Gasteiger charge is -2.55. The quantitative estimate of drug-likeness (QED) is 0.165. The minimum absolute atomic E-state index is 0.239. The fraction of sp³-hybridized carbons (Fsp3) is 1.00. The van der Waals surface area contributed by atoms with Gasteiger partial charge >= 0.3 is 63.1 Å². The topological polar surface area (TPSA) is 83.1 Å². The zero-order valence-corrected chi connectivity index (χ0v) is 37.2. The summed E-state index contributed by atoms with van der Waals surface area (Å²) in [7, 11) is -19.5. The molecule has 3 heterocycles. The van der Waals surface area contributed by atoms with Gasteiger partial charge in [-0.25, -0.2) is 0 Å². The average Bonchev–Trinajstić information content (AvgIpc) is 2.72. The first kappa shape index (κ1) is 39.6. The molecule has 3 rings (SSSR count). The van der Waals surface area contributed by atoms with Gasteiger partial charge in [0.1, 0.15) is 0 Å². The summed E-state index contributed by atoms with van der Waals surface area (Å²) in [6, 6.07) is 4.97. The molecule has 0 amide bonds. The van der Waals surface area contributed by atoms with Gasteiger partial charge in [-0.15, -0.1) is 0 Å². The van der Waals surface area contributed by atoms with Crippen LogP contribution in [0.1, 0.15) is 96.9 Å². The lowest BCUT2D eigenvalue weighted by Crippen LogP contribution is -2.78. The molecular weight excluding hydrogens is 677 g/mol. The number of hydrogen-bond acceptors (Lipinski definition) is 9. The van der Waals surface area contributed by atoms with Gasteiger partial charge in [0.15, 0.2) is 0 Å². The van der Waals surface area contributed by atoms with Gasteiger partial charge in [0, 0.05) is 24.2 Å². The van der Waals surface area contributed by atoms with Crippen LogP contribution in [0.5, 0.6) is 0 Å². The summed E-state index contributed by atoms with van der Waals surface area (Å²) in [5.74, 6) is 2.20. The predicted octanol–water partition coefficient (Wildman–Crippen LogP) is 7.99. The van der Waals surface area contributed by atoms with Crippen LogP contribution in [0.4, 0.5) is 0 Å². The van der Waals surface area contributed by atoms with Crippen LogP contribution in [-0.2, 0) is 37.0 Å². The molecule has 0 aromatic carbocycles. The van der Waals surface area contributed by atoms with Gasteiger partial charge < -0.3 is 37.0 Å². The van der Waals surface area contributed by atoms with Crippen molar-refractivity contribution in [1.82, 2.24) is 0 Å². The first-order valence-electron chi connectivity index (χ1n) is 17.1. The van der Waals surface area contributed by atoms with E-state index in [2.05, 4.69) is 96.9 Å². The second kappa shape index (κ2) is 16.2. The van der Waals surface area contributed by atoms with Gasteiger partial charge in [0.25, 0.3) is 0 Å². The van der Waals surface area contributed by atoms with E-state index < -0.39 is 63.1 Å². The van der Waals surface area contributed by atoms with Gasteiger partial charge in [-0.2, -0.15) is 0 Å². The highest BCUT2D eigenvalue weighted by atomic mass is 28.6. The Morgan fingerprint density at radius 3 is 0.705 bits per heavy atom. The van der Waals surface area contributed by atoms with Crippen molar-refractivity contribution in [2.24, 2.45) is 41.4 Å². The highest BCUT2D eigenvalue weighted by Crippen LogP contribution is 2.46. The fourth-order valence-corrected chi connectivity index (χ4v) is 40.0. The monoisotopic (exact) mass is 739 g/mol. The van der Waals surface area contributed by atoms with Crippen molar-refractivity contribution in [2.45, 2.75) is 139 Å². The van der Waals surface area contributed by atoms with Crippen LogP contribution in [0.2, 0.25) is 42.3 Å². The van der Waals surface area contributed by atoms with Crippen molar-refractivity contribution in [2.75, 3.05) is 0 Å². The molecule has 0 unspecified atom stereocenters. The van der Waals surface area contributed by atoms with E-state index in [1.807, 2.05) is 0 Å². The van der Waals surface area contributed by atoms with Crippen LogP contribution >= 0.6 is 0 Å². The molecule has 0 aromatic heterocycles. The third kappa shape index (κ3) is 11.6. The summed E-state index contributed by atoms with van der Waals surface area (Å²) in [5, 5.41) is 0. The first-order chi connectivity index (χ1) is 20.3. The van der Waals surface area contributed by atoms with E-state index in [4.69, 9.17) is 37.0 Å². The second-order valence-electron chi connectivity index (χ2n) is 16.0. The van der Waals surface area contributed by atoms with E-state index in [9.17, 15) is 0 Å². The van der Waals surface area contributed by atoms with Crippen molar-refractivity contribution < 1.29 is 37.0 Å². The van der Waals surface area contributed by atoms with Crippen LogP contribution < -0.4 is 0 Å². The molecule has 0 aliphatic carbocycles. The van der Waals surface area contributed by atoms with Crippen LogP contribution in [-0.4, -0.2) is 63.1 Å². The largest absolute Gasteiger partial charge is 0.479 e. The van der Waals surface area contributed by atoms with Crippen molar-refractivity contribution in [3.05, 3.63) is 0 Å². The number of fused-ring (bicyclic) bond motifs is 3. The summed E-state index contributed by atoms with van der Waals surface area (Å²) < 4.78 is 66.3. The summed E-state index contributed by atoms with van der Waals surface area (Å²) in [5.41, 5.74) is 0. The Hall–Kier alpha value is 1.16. The molecule has 4 bridgehead atoms. The summed E-state index contributed by atoms with van der Waals surface area (Å²) >= 11 is 0. The van der Waals surface area contributed by atoms with Gasteiger partial charge in [-0.1, -0.05) is 96.9 Å². The van der Waals surface area contributed by atoms with Gasteiger partial charge in [-0.3, -0.25) is 0 Å². The third-order valence-electron chi connectivity index (χ3n) is 6.91. The van der Waals surface area contributed by atoms with Crippen molar-refractivity contribution in [3.8, 4) is 0 Å².